The molecule has 2 aliphatic rings. The first-order valence-corrected chi connectivity index (χ1v) is 10.2. The second-order valence-corrected chi connectivity index (χ2v) is 8.33. The third-order valence-electron chi connectivity index (χ3n) is 6.19. The third-order valence-corrected chi connectivity index (χ3v) is 6.19. The minimum absolute atomic E-state index is 0.189. The summed E-state index contributed by atoms with van der Waals surface area (Å²) in [5.41, 5.74) is 3.17. The van der Waals surface area contributed by atoms with Gasteiger partial charge in [0.05, 0.1) is 0 Å². The second kappa shape index (κ2) is 7.63. The monoisotopic (exact) mass is 414 g/mol. The Kier molecular flexibility index (Phi) is 4.95. The van der Waals surface area contributed by atoms with Gasteiger partial charge in [0, 0.05) is 30.8 Å². The van der Waals surface area contributed by atoms with Gasteiger partial charge in [0.1, 0.15) is 5.75 Å². The lowest BCUT2D eigenvalue weighted by atomic mass is 10.2. The molecule has 1 saturated heterocycles. The van der Waals surface area contributed by atoms with Crippen molar-refractivity contribution in [2.75, 3.05) is 19.6 Å². The number of aromatic amines is 1. The Morgan fingerprint density at radius 2 is 1.83 bits per heavy atom. The number of para-hydroxylation sites is 1. The maximum atomic E-state index is 12.3. The molecule has 30 heavy (non-hydrogen) atoms. The van der Waals surface area contributed by atoms with Gasteiger partial charge in [-0.25, -0.2) is 0 Å². The van der Waals surface area contributed by atoms with E-state index in [1.807, 2.05) is 6.07 Å². The van der Waals surface area contributed by atoms with Crippen LogP contribution in [0, 0.1) is 17.8 Å². The highest BCUT2D eigenvalue weighted by Gasteiger charge is 2.53. The van der Waals surface area contributed by atoms with Crippen LogP contribution in [0.2, 0.25) is 0 Å². The molecule has 3 aromatic rings. The maximum Gasteiger partial charge on any atom is 0.573 e. The Morgan fingerprint density at radius 3 is 2.60 bits per heavy atom. The summed E-state index contributed by atoms with van der Waals surface area (Å²) in [7, 11) is 0. The van der Waals surface area contributed by atoms with Crippen molar-refractivity contribution in [3.8, 4) is 5.75 Å². The molecule has 2 unspecified atom stereocenters. The van der Waals surface area contributed by atoms with Gasteiger partial charge in [-0.3, -0.25) is 4.90 Å². The normalized spacial score (nSPS) is 23.6. The Balaban J connectivity index is 1.06. The number of halogens is 3. The second-order valence-electron chi connectivity index (χ2n) is 8.33. The van der Waals surface area contributed by atoms with Crippen LogP contribution >= 0.6 is 0 Å². The number of nitrogens with zero attached hydrogens (tertiary/aromatic N) is 2. The van der Waals surface area contributed by atoms with Crippen molar-refractivity contribution in [2.45, 2.75) is 19.5 Å². The van der Waals surface area contributed by atoms with E-state index in [-0.39, 0.29) is 5.75 Å². The van der Waals surface area contributed by atoms with Gasteiger partial charge in [-0.15, -0.1) is 26.3 Å². The minimum Gasteiger partial charge on any atom is -0.658 e. The molecule has 0 bridgehead atoms. The number of hydrogen-bond donors (Lipinski definition) is 1. The van der Waals surface area contributed by atoms with Crippen molar-refractivity contribution in [2.24, 2.45) is 17.8 Å². The lowest BCUT2D eigenvalue weighted by molar-refractivity contribution is -0.274. The SMILES string of the molecule is FC(F)(F)Oc1cccc(C[N-]CC2C3CN(Cc4cc5ccccc5[nH]4)CC23)c1. The molecule has 2 atom stereocenters. The zero-order valence-electron chi connectivity index (χ0n) is 16.4. The molecule has 1 N–H and O–H groups in total. The molecule has 2 fully saturated rings. The van der Waals surface area contributed by atoms with E-state index in [1.54, 1.807) is 12.1 Å². The molecule has 5 rings (SSSR count). The number of H-pyrrole nitrogens is 1. The summed E-state index contributed by atoms with van der Waals surface area (Å²) in [5.74, 6) is 1.81. The number of piperidine rings is 1. The highest BCUT2D eigenvalue weighted by atomic mass is 19.4. The van der Waals surface area contributed by atoms with Gasteiger partial charge >= 0.3 is 6.36 Å². The van der Waals surface area contributed by atoms with E-state index >= 15 is 0 Å². The minimum atomic E-state index is -4.67. The molecular weight excluding hydrogens is 391 g/mol. The van der Waals surface area contributed by atoms with Gasteiger partial charge < -0.3 is 15.0 Å². The standard InChI is InChI=1S/C23H23F3N3O/c24-23(25,26)30-18-6-3-4-15(8-18)10-27-11-19-20-13-29(14-21(19)20)12-17-9-16-5-1-2-7-22(16)28-17/h1-9,19-21,28H,10-14H2/q-1. The Bertz CT molecular complexity index is 987. The summed E-state index contributed by atoms with van der Waals surface area (Å²) in [6, 6.07) is 16.6. The number of rotatable bonds is 7. The molecule has 4 nitrogen and oxygen atoms in total. The zero-order valence-corrected chi connectivity index (χ0v) is 16.4. The number of aromatic nitrogens is 1. The number of benzene rings is 2. The highest BCUT2D eigenvalue weighted by molar-refractivity contribution is 5.80. The van der Waals surface area contributed by atoms with Gasteiger partial charge in [-0.2, -0.15) is 0 Å². The molecule has 2 aromatic carbocycles. The number of ether oxygens (including phenoxy) is 1. The molecule has 1 saturated carbocycles. The lowest BCUT2D eigenvalue weighted by Gasteiger charge is -2.24. The molecule has 7 heteroatoms. The first-order valence-electron chi connectivity index (χ1n) is 10.2. The third kappa shape index (κ3) is 4.32. The molecule has 0 spiro atoms. The largest absolute Gasteiger partial charge is 0.658 e. The Hall–Kier alpha value is -2.51. The van der Waals surface area contributed by atoms with Gasteiger partial charge in [0.15, 0.2) is 0 Å². The van der Waals surface area contributed by atoms with E-state index in [0.717, 1.165) is 31.7 Å². The molecule has 1 aliphatic heterocycles. The molecule has 0 amide bonds. The van der Waals surface area contributed by atoms with E-state index in [0.29, 0.717) is 24.3 Å². The Labute approximate surface area is 173 Å². The van der Waals surface area contributed by atoms with Crippen LogP contribution in [0.3, 0.4) is 0 Å². The van der Waals surface area contributed by atoms with Gasteiger partial charge in [-0.1, -0.05) is 41.8 Å². The zero-order chi connectivity index (χ0) is 20.7. The van der Waals surface area contributed by atoms with Crippen molar-refractivity contribution in [3.63, 3.8) is 0 Å². The van der Waals surface area contributed by atoms with Gasteiger partial charge in [-0.05, 0) is 41.5 Å². The maximum absolute atomic E-state index is 12.3. The van der Waals surface area contributed by atoms with Crippen LogP contribution in [0.4, 0.5) is 13.2 Å². The average Bonchev–Trinajstić information content (AvgIpc) is 3.03. The summed E-state index contributed by atoms with van der Waals surface area (Å²) >= 11 is 0. The van der Waals surface area contributed by atoms with Crippen LogP contribution in [-0.4, -0.2) is 35.9 Å². The fourth-order valence-electron chi connectivity index (χ4n) is 4.78. The summed E-state index contributed by atoms with van der Waals surface area (Å²) in [5, 5.41) is 5.85. The fraction of sp³-hybridized carbons (Fsp3) is 0.391. The van der Waals surface area contributed by atoms with Crippen LogP contribution < -0.4 is 4.74 Å². The molecular formula is C23H23F3N3O-. The topological polar surface area (TPSA) is 42.4 Å². The summed E-state index contributed by atoms with van der Waals surface area (Å²) in [4.78, 5) is 5.99. The van der Waals surface area contributed by atoms with E-state index in [1.165, 1.54) is 28.7 Å². The van der Waals surface area contributed by atoms with E-state index in [2.05, 4.69) is 44.2 Å². The molecule has 2 heterocycles. The average molecular weight is 414 g/mol. The summed E-state index contributed by atoms with van der Waals surface area (Å²) in [6.07, 6.45) is -4.67. The van der Waals surface area contributed by atoms with Crippen molar-refractivity contribution >= 4 is 10.9 Å². The van der Waals surface area contributed by atoms with Gasteiger partial charge in [0.2, 0.25) is 0 Å². The quantitative estimate of drug-likeness (QED) is 0.569. The van der Waals surface area contributed by atoms with Gasteiger partial charge in [0.25, 0.3) is 0 Å². The van der Waals surface area contributed by atoms with Crippen LogP contribution in [0.1, 0.15) is 11.3 Å². The summed E-state index contributed by atoms with van der Waals surface area (Å²) < 4.78 is 41.0. The van der Waals surface area contributed by atoms with E-state index < -0.39 is 6.36 Å². The first-order chi connectivity index (χ1) is 14.4. The van der Waals surface area contributed by atoms with Crippen LogP contribution in [0.15, 0.2) is 54.6 Å². The number of alkyl halides is 3. The molecule has 1 aromatic heterocycles. The number of nitrogens with one attached hydrogen (secondary N) is 1. The number of fused-ring (bicyclic) bond motifs is 2. The van der Waals surface area contributed by atoms with Crippen LogP contribution in [0.5, 0.6) is 5.75 Å². The van der Waals surface area contributed by atoms with E-state index in [9.17, 15) is 13.2 Å². The van der Waals surface area contributed by atoms with Crippen LogP contribution in [0.25, 0.3) is 16.2 Å². The molecule has 158 valence electrons. The number of likely N-dealkylation sites (tertiary alicyclic amines) is 1. The van der Waals surface area contributed by atoms with Crippen molar-refractivity contribution in [1.82, 2.24) is 9.88 Å². The van der Waals surface area contributed by atoms with E-state index in [4.69, 9.17) is 0 Å². The molecule has 0 radical (unpaired) electrons. The highest BCUT2D eigenvalue weighted by Crippen LogP contribution is 2.52. The van der Waals surface area contributed by atoms with Crippen molar-refractivity contribution in [1.29, 1.82) is 0 Å². The van der Waals surface area contributed by atoms with Crippen LogP contribution in [-0.2, 0) is 13.1 Å². The Morgan fingerprint density at radius 1 is 1.03 bits per heavy atom. The van der Waals surface area contributed by atoms with Crippen molar-refractivity contribution < 1.29 is 17.9 Å². The smallest absolute Gasteiger partial charge is 0.573 e. The number of hydrogen-bond acceptors (Lipinski definition) is 2. The summed E-state index contributed by atoms with van der Waals surface area (Å²) in [6.45, 7) is 4.32. The first kappa shape index (κ1) is 19.5. The predicted molar refractivity (Wildman–Crippen MR) is 109 cm³/mol. The predicted octanol–water partition coefficient (Wildman–Crippen LogP) is 5.32. The van der Waals surface area contributed by atoms with Crippen molar-refractivity contribution in [3.05, 3.63) is 71.2 Å². The molecule has 1 aliphatic carbocycles. The lowest BCUT2D eigenvalue weighted by Crippen LogP contribution is -2.24. The fourth-order valence-corrected chi connectivity index (χ4v) is 4.78.